The summed E-state index contributed by atoms with van der Waals surface area (Å²) in [6.45, 7) is 2.26. The highest BCUT2D eigenvalue weighted by atomic mass is 32.1. The van der Waals surface area contributed by atoms with Crippen molar-refractivity contribution in [3.63, 3.8) is 0 Å². The first-order valence-corrected chi connectivity index (χ1v) is 11.4. The van der Waals surface area contributed by atoms with Crippen molar-refractivity contribution in [3.05, 3.63) is 74.2 Å². The maximum absolute atomic E-state index is 13.1. The summed E-state index contributed by atoms with van der Waals surface area (Å²) in [7, 11) is 0. The zero-order valence-electron chi connectivity index (χ0n) is 17.1. The standard InChI is InChI=1S/C23H25N3O4S/c27-14-18-4-3-17(30-18)10-24-20-5-6-21-16-8-15(12-26(21)23(20)29)11-25(13-16)22(28)9-19-2-1-7-31-19/h1-7,15-16,24,27H,8-14H2/t15-,16+/m0/s1. The molecule has 5 heterocycles. The van der Waals surface area contributed by atoms with Crippen LogP contribution in [0, 0.1) is 5.92 Å². The van der Waals surface area contributed by atoms with Crippen LogP contribution in [0.15, 0.2) is 51.0 Å². The van der Waals surface area contributed by atoms with Gasteiger partial charge in [-0.3, -0.25) is 9.59 Å². The second-order valence-corrected chi connectivity index (χ2v) is 9.35. The molecule has 162 valence electrons. The molecule has 3 aromatic rings. The van der Waals surface area contributed by atoms with Gasteiger partial charge in [-0.25, -0.2) is 0 Å². The fourth-order valence-electron chi connectivity index (χ4n) is 4.74. The van der Waals surface area contributed by atoms with E-state index in [0.717, 1.165) is 17.0 Å². The molecule has 7 nitrogen and oxygen atoms in total. The van der Waals surface area contributed by atoms with Crippen LogP contribution in [0.3, 0.4) is 0 Å². The summed E-state index contributed by atoms with van der Waals surface area (Å²) < 4.78 is 7.36. The number of nitrogens with one attached hydrogen (secondary N) is 1. The van der Waals surface area contributed by atoms with Crippen molar-refractivity contribution >= 4 is 22.9 Å². The fraction of sp³-hybridized carbons (Fsp3) is 0.391. The van der Waals surface area contributed by atoms with Gasteiger partial charge in [0.2, 0.25) is 5.91 Å². The van der Waals surface area contributed by atoms with Crippen LogP contribution < -0.4 is 10.9 Å². The predicted molar refractivity (Wildman–Crippen MR) is 118 cm³/mol. The quantitative estimate of drug-likeness (QED) is 0.617. The van der Waals surface area contributed by atoms with Crippen molar-refractivity contribution in [2.75, 3.05) is 18.4 Å². The van der Waals surface area contributed by atoms with E-state index < -0.39 is 0 Å². The highest BCUT2D eigenvalue weighted by Crippen LogP contribution is 2.35. The van der Waals surface area contributed by atoms with Gasteiger partial charge in [0.15, 0.2) is 0 Å². The molecular formula is C23H25N3O4S. The number of anilines is 1. The monoisotopic (exact) mass is 439 g/mol. The second kappa shape index (κ2) is 8.36. The number of rotatable bonds is 6. The lowest BCUT2D eigenvalue weighted by Crippen LogP contribution is -2.49. The summed E-state index contributed by atoms with van der Waals surface area (Å²) in [5.74, 6) is 1.84. The first-order valence-electron chi connectivity index (χ1n) is 10.6. The molecule has 2 aliphatic heterocycles. The van der Waals surface area contributed by atoms with Crippen LogP contribution in [-0.2, 0) is 30.9 Å². The Morgan fingerprint density at radius 2 is 2.03 bits per heavy atom. The molecule has 0 unspecified atom stereocenters. The maximum atomic E-state index is 13.1. The molecule has 1 amide bonds. The minimum Gasteiger partial charge on any atom is -0.462 e. The number of carbonyl (C=O) groups is 1. The number of fused-ring (bicyclic) bond motifs is 4. The number of aliphatic hydroxyl groups excluding tert-OH is 1. The molecular weight excluding hydrogens is 414 g/mol. The molecule has 0 aromatic carbocycles. The van der Waals surface area contributed by atoms with E-state index >= 15 is 0 Å². The topological polar surface area (TPSA) is 87.7 Å². The zero-order chi connectivity index (χ0) is 21.4. The van der Waals surface area contributed by atoms with Crippen molar-refractivity contribution < 1.29 is 14.3 Å². The summed E-state index contributed by atoms with van der Waals surface area (Å²) in [4.78, 5) is 29.0. The van der Waals surface area contributed by atoms with Gasteiger partial charge in [0.05, 0.1) is 13.0 Å². The summed E-state index contributed by atoms with van der Waals surface area (Å²) in [6.07, 6.45) is 1.48. The van der Waals surface area contributed by atoms with E-state index in [1.54, 1.807) is 23.5 Å². The maximum Gasteiger partial charge on any atom is 0.274 e. The number of likely N-dealkylation sites (tertiary alicyclic amines) is 1. The number of pyridine rings is 1. The van der Waals surface area contributed by atoms with Crippen LogP contribution in [-0.4, -0.2) is 33.6 Å². The number of amides is 1. The van der Waals surface area contributed by atoms with Crippen LogP contribution >= 0.6 is 11.3 Å². The second-order valence-electron chi connectivity index (χ2n) is 8.32. The third kappa shape index (κ3) is 4.05. The molecule has 31 heavy (non-hydrogen) atoms. The Morgan fingerprint density at radius 1 is 1.16 bits per heavy atom. The molecule has 2 aliphatic rings. The average Bonchev–Trinajstić information content (AvgIpc) is 3.45. The van der Waals surface area contributed by atoms with Crippen molar-refractivity contribution in [1.29, 1.82) is 0 Å². The van der Waals surface area contributed by atoms with Gasteiger partial charge in [-0.15, -0.1) is 11.3 Å². The summed E-state index contributed by atoms with van der Waals surface area (Å²) >= 11 is 1.62. The van der Waals surface area contributed by atoms with E-state index in [4.69, 9.17) is 9.52 Å². The molecule has 3 aromatic heterocycles. The first kappa shape index (κ1) is 20.1. The zero-order valence-corrected chi connectivity index (χ0v) is 17.9. The number of hydrogen-bond donors (Lipinski definition) is 2. The van der Waals surface area contributed by atoms with Gasteiger partial charge in [0.1, 0.15) is 23.8 Å². The third-order valence-corrected chi connectivity index (χ3v) is 7.07. The van der Waals surface area contributed by atoms with E-state index in [0.29, 0.717) is 55.7 Å². The fourth-order valence-corrected chi connectivity index (χ4v) is 5.44. The van der Waals surface area contributed by atoms with Crippen LogP contribution in [0.25, 0.3) is 0 Å². The van der Waals surface area contributed by atoms with Crippen molar-refractivity contribution in [2.45, 2.75) is 38.5 Å². The van der Waals surface area contributed by atoms with E-state index in [-0.39, 0.29) is 24.0 Å². The van der Waals surface area contributed by atoms with E-state index in [2.05, 4.69) is 5.32 Å². The summed E-state index contributed by atoms with van der Waals surface area (Å²) in [5, 5.41) is 14.3. The van der Waals surface area contributed by atoms with Crippen LogP contribution in [0.4, 0.5) is 5.69 Å². The lowest BCUT2D eigenvalue weighted by atomic mass is 9.83. The molecule has 0 spiro atoms. The number of aliphatic hydroxyl groups is 1. The molecule has 5 rings (SSSR count). The number of hydrogen-bond acceptors (Lipinski definition) is 6. The molecule has 8 heteroatoms. The summed E-state index contributed by atoms with van der Waals surface area (Å²) in [5.41, 5.74) is 1.52. The van der Waals surface area contributed by atoms with Gasteiger partial charge in [-0.1, -0.05) is 6.07 Å². The molecule has 2 atom stereocenters. The minimum absolute atomic E-state index is 0.0282. The molecule has 2 bridgehead atoms. The Hall–Kier alpha value is -2.84. The van der Waals surface area contributed by atoms with E-state index in [9.17, 15) is 9.59 Å². The predicted octanol–water partition coefficient (Wildman–Crippen LogP) is 2.80. The molecule has 0 aliphatic carbocycles. The van der Waals surface area contributed by atoms with Gasteiger partial charge in [-0.2, -0.15) is 0 Å². The SMILES string of the molecule is O=C(Cc1cccs1)N1C[C@@H]2C[C@H](C1)c1ccc(NCc3ccc(CO)o3)c(=O)n1C2. The Morgan fingerprint density at radius 3 is 2.81 bits per heavy atom. The number of piperidine rings is 1. The van der Waals surface area contributed by atoms with Gasteiger partial charge in [0, 0.05) is 36.1 Å². The Balaban J connectivity index is 1.30. The highest BCUT2D eigenvalue weighted by molar-refractivity contribution is 7.10. The van der Waals surface area contributed by atoms with Gasteiger partial charge >= 0.3 is 0 Å². The van der Waals surface area contributed by atoms with E-state index in [1.165, 1.54) is 0 Å². The largest absolute Gasteiger partial charge is 0.462 e. The normalized spacial score (nSPS) is 19.8. The van der Waals surface area contributed by atoms with Crippen molar-refractivity contribution in [2.24, 2.45) is 5.92 Å². The number of aromatic nitrogens is 1. The molecule has 1 saturated heterocycles. The van der Waals surface area contributed by atoms with E-state index in [1.807, 2.05) is 39.1 Å². The minimum atomic E-state index is -0.142. The number of furan rings is 1. The van der Waals surface area contributed by atoms with Gasteiger partial charge < -0.3 is 24.3 Å². The Labute approximate surface area is 183 Å². The molecule has 2 N–H and O–H groups in total. The van der Waals surface area contributed by atoms with Gasteiger partial charge in [-0.05, 0) is 48.1 Å². The first-order chi connectivity index (χ1) is 15.1. The number of nitrogens with zero attached hydrogens (tertiary/aromatic N) is 2. The molecule has 0 radical (unpaired) electrons. The third-order valence-electron chi connectivity index (χ3n) is 6.19. The van der Waals surface area contributed by atoms with Crippen LogP contribution in [0.2, 0.25) is 0 Å². The molecule has 1 fully saturated rings. The van der Waals surface area contributed by atoms with Crippen LogP contribution in [0.1, 0.15) is 34.4 Å². The van der Waals surface area contributed by atoms with Crippen molar-refractivity contribution in [1.82, 2.24) is 9.47 Å². The summed E-state index contributed by atoms with van der Waals surface area (Å²) in [6, 6.07) is 11.3. The lowest BCUT2D eigenvalue weighted by Gasteiger charge is -2.43. The average molecular weight is 440 g/mol. The number of thiophene rings is 1. The number of carbonyl (C=O) groups excluding carboxylic acids is 1. The Bertz CT molecular complexity index is 1130. The smallest absolute Gasteiger partial charge is 0.274 e. The Kier molecular flexibility index (Phi) is 5.41. The lowest BCUT2D eigenvalue weighted by molar-refractivity contribution is -0.133. The van der Waals surface area contributed by atoms with Crippen molar-refractivity contribution in [3.8, 4) is 0 Å². The van der Waals surface area contributed by atoms with Crippen LogP contribution in [0.5, 0.6) is 0 Å². The molecule has 0 saturated carbocycles. The van der Waals surface area contributed by atoms with Gasteiger partial charge in [0.25, 0.3) is 5.56 Å². The highest BCUT2D eigenvalue weighted by Gasteiger charge is 2.36.